The summed E-state index contributed by atoms with van der Waals surface area (Å²) >= 11 is 1.28. The molecule has 5 heteroatoms. The molecule has 0 radical (unpaired) electrons. The Bertz CT molecular complexity index is 517. The Labute approximate surface area is 98.9 Å². The maximum absolute atomic E-state index is 10.6. The SMILES string of the molecule is O=BC(B=O)Sc1cccc2ccccc12. The first-order valence-corrected chi connectivity index (χ1v) is 5.78. The summed E-state index contributed by atoms with van der Waals surface area (Å²) in [6.45, 7) is 0. The zero-order valence-electron chi connectivity index (χ0n) is 8.50. The molecule has 76 valence electrons. The number of benzene rings is 2. The van der Waals surface area contributed by atoms with Crippen LogP contribution in [0.1, 0.15) is 0 Å². The Morgan fingerprint density at radius 2 is 1.62 bits per heavy atom. The van der Waals surface area contributed by atoms with Crippen molar-refractivity contribution in [3.05, 3.63) is 42.5 Å². The van der Waals surface area contributed by atoms with Crippen molar-refractivity contribution in [2.45, 2.75) is 9.94 Å². The molecule has 0 unspecified atom stereocenters. The molecule has 0 saturated carbocycles. The van der Waals surface area contributed by atoms with E-state index in [1.807, 2.05) is 42.5 Å². The Hall–Kier alpha value is -1.22. The molecular weight excluding hydrogens is 218 g/mol. The van der Waals surface area contributed by atoms with E-state index in [1.54, 1.807) is 0 Å². The van der Waals surface area contributed by atoms with Gasteiger partial charge in [-0.1, -0.05) is 0 Å². The fraction of sp³-hybridized carbons (Fsp3) is 0.0909. The third-order valence-corrected chi connectivity index (χ3v) is 3.39. The summed E-state index contributed by atoms with van der Waals surface area (Å²) in [6, 6.07) is 13.8. The van der Waals surface area contributed by atoms with Crippen molar-refractivity contribution in [1.82, 2.24) is 0 Å². The predicted molar refractivity (Wildman–Crippen MR) is 66.5 cm³/mol. The van der Waals surface area contributed by atoms with E-state index in [0.29, 0.717) is 14.3 Å². The van der Waals surface area contributed by atoms with Gasteiger partial charge in [0.15, 0.2) is 0 Å². The van der Waals surface area contributed by atoms with Crippen molar-refractivity contribution in [2.24, 2.45) is 0 Å². The molecule has 2 rings (SSSR count). The van der Waals surface area contributed by atoms with Gasteiger partial charge in [0.05, 0.1) is 0 Å². The molecule has 0 aliphatic carbocycles. The zero-order chi connectivity index (χ0) is 11.4. The van der Waals surface area contributed by atoms with Crippen LogP contribution in [-0.4, -0.2) is 19.3 Å². The second-order valence-electron chi connectivity index (χ2n) is 3.33. The van der Waals surface area contributed by atoms with Gasteiger partial charge in [-0.15, -0.1) is 0 Å². The van der Waals surface area contributed by atoms with Crippen molar-refractivity contribution < 1.29 is 9.41 Å². The molecule has 2 nitrogen and oxygen atoms in total. The van der Waals surface area contributed by atoms with E-state index in [4.69, 9.17) is 0 Å². The van der Waals surface area contributed by atoms with Crippen LogP contribution in [0.25, 0.3) is 10.8 Å². The van der Waals surface area contributed by atoms with Crippen molar-refractivity contribution in [2.75, 3.05) is 0 Å². The fourth-order valence-corrected chi connectivity index (χ4v) is 2.41. The molecule has 0 saturated heterocycles. The Kier molecular flexibility index (Phi) is 3.67. The summed E-state index contributed by atoms with van der Waals surface area (Å²) in [7, 11) is 1.33. The number of hydrogen-bond acceptors (Lipinski definition) is 3. The molecule has 0 N–H and O–H groups in total. The van der Waals surface area contributed by atoms with E-state index in [-0.39, 0.29) is 0 Å². The monoisotopic (exact) mass is 226 g/mol. The Morgan fingerprint density at radius 1 is 0.938 bits per heavy atom. The third kappa shape index (κ3) is 2.30. The molecule has 0 amide bonds. The van der Waals surface area contributed by atoms with Gasteiger partial charge in [0.1, 0.15) is 0 Å². The van der Waals surface area contributed by atoms with E-state index in [0.717, 1.165) is 15.7 Å². The third-order valence-electron chi connectivity index (χ3n) is 2.28. The van der Waals surface area contributed by atoms with Crippen LogP contribution in [-0.2, 0) is 9.41 Å². The zero-order valence-corrected chi connectivity index (χ0v) is 9.31. The number of thioether (sulfide) groups is 1. The normalized spacial score (nSPS) is 10.1. The molecule has 0 aromatic heterocycles. The van der Waals surface area contributed by atoms with Crippen molar-refractivity contribution in [3.63, 3.8) is 0 Å². The van der Waals surface area contributed by atoms with Crippen LogP contribution in [0.4, 0.5) is 0 Å². The molecule has 0 aliphatic rings. The van der Waals surface area contributed by atoms with Crippen molar-refractivity contribution in [3.8, 4) is 0 Å². The Balaban J connectivity index is 2.44. The van der Waals surface area contributed by atoms with Crippen LogP contribution in [0.3, 0.4) is 0 Å². The summed E-state index contributed by atoms with van der Waals surface area (Å²) in [5.41, 5.74) is 0. The number of rotatable bonds is 4. The first-order chi connectivity index (χ1) is 7.85. The van der Waals surface area contributed by atoms with Crippen LogP contribution in [0.2, 0.25) is 0 Å². The van der Waals surface area contributed by atoms with E-state index in [2.05, 4.69) is 0 Å². The minimum atomic E-state index is -0.620. The van der Waals surface area contributed by atoms with Gasteiger partial charge in [0.25, 0.3) is 0 Å². The first-order valence-electron chi connectivity index (χ1n) is 4.90. The van der Waals surface area contributed by atoms with E-state index in [1.165, 1.54) is 11.8 Å². The van der Waals surface area contributed by atoms with Crippen LogP contribution in [0.15, 0.2) is 47.4 Å². The van der Waals surface area contributed by atoms with Crippen LogP contribution >= 0.6 is 11.8 Å². The average Bonchev–Trinajstić information content (AvgIpc) is 2.36. The number of hydrogen-bond donors (Lipinski definition) is 0. The summed E-state index contributed by atoms with van der Waals surface area (Å²) < 4.78 is 21.2. The second kappa shape index (κ2) is 5.21. The van der Waals surface area contributed by atoms with Gasteiger partial charge in [-0.25, -0.2) is 0 Å². The van der Waals surface area contributed by atoms with Gasteiger partial charge in [-0.05, 0) is 0 Å². The van der Waals surface area contributed by atoms with Gasteiger partial charge >= 0.3 is 98.7 Å². The summed E-state index contributed by atoms with van der Waals surface area (Å²) in [5, 5.41) is 1.57. The molecule has 0 aliphatic heterocycles. The maximum atomic E-state index is 10.6. The average molecular weight is 226 g/mol. The predicted octanol–water partition coefficient (Wildman–Crippen LogP) is 2.31. The molecule has 2 aromatic rings. The first kappa shape index (κ1) is 11.3. The van der Waals surface area contributed by atoms with Crippen molar-refractivity contribution in [1.29, 1.82) is 0 Å². The fourth-order valence-electron chi connectivity index (χ4n) is 1.53. The molecule has 2 aromatic carbocycles. The minimum absolute atomic E-state index is 0.620. The van der Waals surface area contributed by atoms with E-state index in [9.17, 15) is 9.41 Å². The van der Waals surface area contributed by atoms with E-state index < -0.39 is 5.05 Å². The van der Waals surface area contributed by atoms with Gasteiger partial charge in [0.2, 0.25) is 0 Å². The van der Waals surface area contributed by atoms with Gasteiger partial charge in [-0.3, -0.25) is 0 Å². The summed E-state index contributed by atoms with van der Waals surface area (Å²) in [5.74, 6) is 0. The molecule has 0 fully saturated rings. The van der Waals surface area contributed by atoms with Crippen LogP contribution in [0.5, 0.6) is 0 Å². The summed E-state index contributed by atoms with van der Waals surface area (Å²) in [4.78, 5) is 0.960. The van der Waals surface area contributed by atoms with Crippen molar-refractivity contribution >= 4 is 36.8 Å². The summed E-state index contributed by atoms with van der Waals surface area (Å²) in [6.07, 6.45) is 0. The molecule has 0 bridgehead atoms. The molecular formula is C11H8B2O2S. The van der Waals surface area contributed by atoms with Crippen LogP contribution < -0.4 is 0 Å². The van der Waals surface area contributed by atoms with Gasteiger partial charge in [0, 0.05) is 0 Å². The van der Waals surface area contributed by atoms with Gasteiger partial charge in [-0.2, -0.15) is 0 Å². The quantitative estimate of drug-likeness (QED) is 0.592. The molecule has 16 heavy (non-hydrogen) atoms. The molecule has 0 atom stereocenters. The molecule has 0 heterocycles. The van der Waals surface area contributed by atoms with E-state index >= 15 is 0 Å². The van der Waals surface area contributed by atoms with Gasteiger partial charge < -0.3 is 0 Å². The molecule has 0 spiro atoms. The Morgan fingerprint density at radius 3 is 2.38 bits per heavy atom. The van der Waals surface area contributed by atoms with Crippen LogP contribution in [0, 0.1) is 0 Å². The topological polar surface area (TPSA) is 34.1 Å². The standard InChI is InChI=1S/C11H8B2O2S/c14-12-11(13-15)16-10-7-3-5-8-4-1-2-6-9(8)10/h1-7,11H. The second-order valence-corrected chi connectivity index (χ2v) is 4.55. The number of fused-ring (bicyclic) bond motifs is 1.